The van der Waals surface area contributed by atoms with Crippen molar-refractivity contribution in [3.63, 3.8) is 0 Å². The highest BCUT2D eigenvalue weighted by atomic mass is 16.4. The number of likely N-dealkylation sites (N-methyl/N-ethyl adjacent to an activating group) is 1. The summed E-state index contributed by atoms with van der Waals surface area (Å²) in [6, 6.07) is 10.9. The van der Waals surface area contributed by atoms with Crippen LogP contribution in [-0.2, 0) is 11.3 Å². The third-order valence-corrected chi connectivity index (χ3v) is 3.66. The zero-order valence-corrected chi connectivity index (χ0v) is 11.5. The van der Waals surface area contributed by atoms with Gasteiger partial charge in [0.1, 0.15) is 0 Å². The van der Waals surface area contributed by atoms with Gasteiger partial charge >= 0.3 is 5.97 Å². The van der Waals surface area contributed by atoms with Crippen molar-refractivity contribution in [1.29, 1.82) is 0 Å². The summed E-state index contributed by atoms with van der Waals surface area (Å²) in [4.78, 5) is 15.1. The molecule has 4 heteroatoms. The molecular weight excluding hydrogens is 240 g/mol. The van der Waals surface area contributed by atoms with Gasteiger partial charge in [-0.1, -0.05) is 30.3 Å². The fourth-order valence-electron chi connectivity index (χ4n) is 2.78. The second-order valence-corrected chi connectivity index (χ2v) is 5.34. The number of carbonyl (C=O) groups is 1. The zero-order chi connectivity index (χ0) is 13.7. The van der Waals surface area contributed by atoms with Crippen LogP contribution in [0.25, 0.3) is 0 Å². The standard InChI is InChI=1S/C15H22N2O2/c1-16(12-15(18)19)11-14-8-5-9-17(14)10-13-6-3-2-4-7-13/h2-4,6-7,14H,5,8-12H2,1H3,(H,18,19)/t14-/m1/s1. The Balaban J connectivity index is 1.88. The van der Waals surface area contributed by atoms with Crippen molar-refractivity contribution in [2.75, 3.05) is 26.7 Å². The lowest BCUT2D eigenvalue weighted by Crippen LogP contribution is -2.40. The molecule has 0 radical (unpaired) electrons. The maximum absolute atomic E-state index is 10.7. The van der Waals surface area contributed by atoms with Crippen LogP contribution >= 0.6 is 0 Å². The summed E-state index contributed by atoms with van der Waals surface area (Å²) >= 11 is 0. The third kappa shape index (κ3) is 4.33. The summed E-state index contributed by atoms with van der Waals surface area (Å²) in [5, 5.41) is 8.80. The lowest BCUT2D eigenvalue weighted by molar-refractivity contribution is -0.138. The molecule has 1 aliphatic rings. The molecule has 1 heterocycles. The largest absolute Gasteiger partial charge is 0.480 e. The quantitative estimate of drug-likeness (QED) is 0.847. The molecule has 1 N–H and O–H groups in total. The van der Waals surface area contributed by atoms with Crippen LogP contribution in [-0.4, -0.2) is 53.6 Å². The Morgan fingerprint density at radius 2 is 2.16 bits per heavy atom. The highest BCUT2D eigenvalue weighted by Gasteiger charge is 2.25. The molecule has 1 saturated heterocycles. The zero-order valence-electron chi connectivity index (χ0n) is 11.5. The van der Waals surface area contributed by atoms with E-state index >= 15 is 0 Å². The molecule has 0 spiro atoms. The molecule has 104 valence electrons. The van der Waals surface area contributed by atoms with Crippen molar-refractivity contribution in [2.24, 2.45) is 0 Å². The molecule has 1 fully saturated rings. The first kappa shape index (κ1) is 14.0. The van der Waals surface area contributed by atoms with E-state index < -0.39 is 5.97 Å². The van der Waals surface area contributed by atoms with Gasteiger partial charge in [0, 0.05) is 19.1 Å². The van der Waals surface area contributed by atoms with Crippen LogP contribution in [0.1, 0.15) is 18.4 Å². The number of hydrogen-bond acceptors (Lipinski definition) is 3. The van der Waals surface area contributed by atoms with E-state index in [9.17, 15) is 4.79 Å². The summed E-state index contributed by atoms with van der Waals surface area (Å²) in [5.41, 5.74) is 1.33. The van der Waals surface area contributed by atoms with E-state index in [2.05, 4.69) is 29.2 Å². The van der Waals surface area contributed by atoms with Gasteiger partial charge in [-0.25, -0.2) is 0 Å². The number of aliphatic carboxylic acids is 1. The third-order valence-electron chi connectivity index (χ3n) is 3.66. The first-order valence-corrected chi connectivity index (χ1v) is 6.83. The van der Waals surface area contributed by atoms with Crippen molar-refractivity contribution in [1.82, 2.24) is 9.80 Å². The maximum atomic E-state index is 10.7. The van der Waals surface area contributed by atoms with E-state index in [4.69, 9.17) is 5.11 Å². The molecule has 0 saturated carbocycles. The fraction of sp³-hybridized carbons (Fsp3) is 0.533. The molecule has 19 heavy (non-hydrogen) atoms. The molecule has 2 rings (SSSR count). The average Bonchev–Trinajstić information content (AvgIpc) is 2.77. The second kappa shape index (κ2) is 6.68. The summed E-state index contributed by atoms with van der Waals surface area (Å²) in [6.07, 6.45) is 2.37. The number of carboxylic acids is 1. The topological polar surface area (TPSA) is 43.8 Å². The Labute approximate surface area is 114 Å². The summed E-state index contributed by atoms with van der Waals surface area (Å²) in [5.74, 6) is -0.755. The van der Waals surface area contributed by atoms with E-state index in [0.717, 1.165) is 26.1 Å². The van der Waals surface area contributed by atoms with Gasteiger partial charge in [0.05, 0.1) is 6.54 Å². The van der Waals surface area contributed by atoms with E-state index in [1.54, 1.807) is 0 Å². The van der Waals surface area contributed by atoms with Crippen molar-refractivity contribution in [3.05, 3.63) is 35.9 Å². The molecule has 1 aliphatic heterocycles. The van der Waals surface area contributed by atoms with E-state index in [-0.39, 0.29) is 6.54 Å². The Hall–Kier alpha value is -1.39. The fourth-order valence-corrected chi connectivity index (χ4v) is 2.78. The van der Waals surface area contributed by atoms with Crippen molar-refractivity contribution < 1.29 is 9.90 Å². The first-order valence-electron chi connectivity index (χ1n) is 6.83. The Bertz CT molecular complexity index is 408. The average molecular weight is 262 g/mol. The van der Waals surface area contributed by atoms with Crippen LogP contribution in [0.15, 0.2) is 30.3 Å². The minimum atomic E-state index is -0.755. The molecule has 4 nitrogen and oxygen atoms in total. The summed E-state index contributed by atoms with van der Waals surface area (Å²) in [6.45, 7) is 3.03. The van der Waals surface area contributed by atoms with Gasteiger partial charge in [-0.15, -0.1) is 0 Å². The van der Waals surface area contributed by atoms with Crippen molar-refractivity contribution in [2.45, 2.75) is 25.4 Å². The van der Waals surface area contributed by atoms with Crippen LogP contribution in [0.3, 0.4) is 0 Å². The van der Waals surface area contributed by atoms with Crippen molar-refractivity contribution in [3.8, 4) is 0 Å². The maximum Gasteiger partial charge on any atom is 0.317 e. The number of rotatable bonds is 6. The minimum Gasteiger partial charge on any atom is -0.480 e. The summed E-state index contributed by atoms with van der Waals surface area (Å²) in [7, 11) is 1.88. The van der Waals surface area contributed by atoms with Crippen LogP contribution in [0.5, 0.6) is 0 Å². The van der Waals surface area contributed by atoms with E-state index in [0.29, 0.717) is 6.04 Å². The second-order valence-electron chi connectivity index (χ2n) is 5.34. The lowest BCUT2D eigenvalue weighted by Gasteiger charge is -2.28. The molecule has 1 aromatic rings. The molecule has 0 amide bonds. The van der Waals surface area contributed by atoms with Crippen LogP contribution in [0.2, 0.25) is 0 Å². The number of likely N-dealkylation sites (tertiary alicyclic amines) is 1. The van der Waals surface area contributed by atoms with Crippen molar-refractivity contribution >= 4 is 5.97 Å². The number of nitrogens with zero attached hydrogens (tertiary/aromatic N) is 2. The normalized spacial score (nSPS) is 20.0. The van der Waals surface area contributed by atoms with Crippen LogP contribution < -0.4 is 0 Å². The Morgan fingerprint density at radius 3 is 2.84 bits per heavy atom. The van der Waals surface area contributed by atoms with Crippen LogP contribution in [0.4, 0.5) is 0 Å². The monoisotopic (exact) mass is 262 g/mol. The number of benzene rings is 1. The Morgan fingerprint density at radius 1 is 1.42 bits per heavy atom. The molecule has 0 bridgehead atoms. The highest BCUT2D eigenvalue weighted by molar-refractivity contribution is 5.69. The lowest BCUT2D eigenvalue weighted by atomic mass is 10.1. The summed E-state index contributed by atoms with van der Waals surface area (Å²) < 4.78 is 0. The molecule has 1 atom stereocenters. The van der Waals surface area contributed by atoms with E-state index in [1.807, 2.05) is 18.0 Å². The molecule has 0 aliphatic carbocycles. The number of hydrogen-bond donors (Lipinski definition) is 1. The SMILES string of the molecule is CN(CC(=O)O)C[C@H]1CCCN1Cc1ccccc1. The smallest absolute Gasteiger partial charge is 0.317 e. The van der Waals surface area contributed by atoms with Gasteiger partial charge < -0.3 is 5.11 Å². The van der Waals surface area contributed by atoms with Gasteiger partial charge in [-0.05, 0) is 32.0 Å². The van der Waals surface area contributed by atoms with E-state index in [1.165, 1.54) is 12.0 Å². The number of carboxylic acid groups (broad SMARTS) is 1. The van der Waals surface area contributed by atoms with Gasteiger partial charge in [-0.2, -0.15) is 0 Å². The van der Waals surface area contributed by atoms with Gasteiger partial charge in [0.2, 0.25) is 0 Å². The van der Waals surface area contributed by atoms with Gasteiger partial charge in [0.15, 0.2) is 0 Å². The molecule has 0 unspecified atom stereocenters. The predicted octanol–water partition coefficient (Wildman–Crippen LogP) is 1.67. The molecule has 0 aromatic heterocycles. The highest BCUT2D eigenvalue weighted by Crippen LogP contribution is 2.20. The Kier molecular flexibility index (Phi) is 4.93. The molecular formula is C15H22N2O2. The van der Waals surface area contributed by atoms with Crippen LogP contribution in [0, 0.1) is 0 Å². The van der Waals surface area contributed by atoms with Gasteiger partial charge in [0.25, 0.3) is 0 Å². The first-order chi connectivity index (χ1) is 9.15. The minimum absolute atomic E-state index is 0.121. The van der Waals surface area contributed by atoms with Gasteiger partial charge in [-0.3, -0.25) is 14.6 Å². The predicted molar refractivity (Wildman–Crippen MR) is 75.0 cm³/mol. The molecule has 1 aromatic carbocycles.